The van der Waals surface area contributed by atoms with Crippen LogP contribution in [-0.2, 0) is 15.6 Å². The van der Waals surface area contributed by atoms with Gasteiger partial charge in [-0.15, -0.1) is 0 Å². The highest BCUT2D eigenvalue weighted by Crippen LogP contribution is 2.51. The molecule has 1 heterocycles. The third-order valence-electron chi connectivity index (χ3n) is 3.03. The molecule has 0 amide bonds. The van der Waals surface area contributed by atoms with Crippen LogP contribution < -0.4 is 4.72 Å². The van der Waals surface area contributed by atoms with Gasteiger partial charge >= 0.3 is 12.4 Å². The molecule has 26 heavy (non-hydrogen) atoms. The van der Waals surface area contributed by atoms with Crippen LogP contribution >= 0.6 is 22.9 Å². The Balaban J connectivity index is 2.39. The first-order chi connectivity index (χ1) is 11.7. The lowest BCUT2D eigenvalue weighted by Crippen LogP contribution is -2.53. The highest BCUT2D eigenvalue weighted by molar-refractivity contribution is 7.93. The maximum atomic E-state index is 12.8. The summed E-state index contributed by atoms with van der Waals surface area (Å²) in [5.74, 6) is 0. The van der Waals surface area contributed by atoms with Gasteiger partial charge < -0.3 is 5.11 Å². The summed E-state index contributed by atoms with van der Waals surface area (Å²) < 4.78 is 103. The average molecular weight is 441 g/mol. The monoisotopic (exact) mass is 440 g/mol. The van der Waals surface area contributed by atoms with Crippen LogP contribution in [0.4, 0.5) is 31.5 Å². The van der Waals surface area contributed by atoms with Gasteiger partial charge in [-0.2, -0.15) is 26.3 Å². The summed E-state index contributed by atoms with van der Waals surface area (Å²) in [4.78, 5) is 1.20. The van der Waals surface area contributed by atoms with Crippen LogP contribution in [0.1, 0.15) is 4.88 Å². The fraction of sp³-hybridized carbons (Fsp3) is 0.250. The third kappa shape index (κ3) is 3.75. The molecule has 14 heteroatoms. The zero-order chi connectivity index (χ0) is 20.0. The minimum atomic E-state index is -6.09. The van der Waals surface area contributed by atoms with E-state index < -0.39 is 38.0 Å². The van der Waals surface area contributed by atoms with Crippen LogP contribution in [0.25, 0.3) is 0 Å². The molecule has 0 aliphatic heterocycles. The van der Waals surface area contributed by atoms with Crippen molar-refractivity contribution in [3.63, 3.8) is 0 Å². The van der Waals surface area contributed by atoms with Crippen molar-refractivity contribution in [3.05, 3.63) is 40.4 Å². The van der Waals surface area contributed by atoms with E-state index in [2.05, 4.69) is 4.98 Å². The van der Waals surface area contributed by atoms with Gasteiger partial charge in [-0.05, 0) is 24.3 Å². The molecule has 2 rings (SSSR count). The standard InChI is InChI=1S/C12H7ClF6N2O3S2/c13-6-1-3-7(4-2-6)26(23,24)21-9-20-5-8(25-9)10(22,11(14,15)16)12(17,18)19/h1-5,22H,(H,20,21). The van der Waals surface area contributed by atoms with E-state index in [9.17, 15) is 39.9 Å². The Labute approximate surface area is 151 Å². The predicted octanol–water partition coefficient (Wildman–Crippen LogP) is 3.91. The summed E-state index contributed by atoms with van der Waals surface area (Å²) >= 11 is 5.30. The highest BCUT2D eigenvalue weighted by Gasteiger charge is 2.72. The molecule has 0 spiro atoms. The van der Waals surface area contributed by atoms with Gasteiger partial charge in [0.05, 0.1) is 9.77 Å². The van der Waals surface area contributed by atoms with E-state index in [1.165, 1.54) is 12.1 Å². The number of hydrogen-bond acceptors (Lipinski definition) is 5. The average Bonchev–Trinajstić information content (AvgIpc) is 2.92. The van der Waals surface area contributed by atoms with E-state index >= 15 is 0 Å². The van der Waals surface area contributed by atoms with Gasteiger partial charge in [0, 0.05) is 11.2 Å². The molecule has 0 fully saturated rings. The van der Waals surface area contributed by atoms with Crippen LogP contribution in [0, 0.1) is 0 Å². The zero-order valence-electron chi connectivity index (χ0n) is 12.1. The second kappa shape index (κ2) is 6.55. The lowest BCUT2D eigenvalue weighted by Gasteiger charge is -2.30. The molecule has 0 bridgehead atoms. The normalized spacial score (nSPS) is 13.7. The lowest BCUT2D eigenvalue weighted by atomic mass is 10.0. The Kier molecular flexibility index (Phi) is 5.22. The van der Waals surface area contributed by atoms with Gasteiger partial charge in [0.25, 0.3) is 15.6 Å². The highest BCUT2D eigenvalue weighted by atomic mass is 35.5. The van der Waals surface area contributed by atoms with Crippen LogP contribution in [0.3, 0.4) is 0 Å². The minimum absolute atomic E-state index is 0.103. The Bertz CT molecular complexity index is 879. The zero-order valence-corrected chi connectivity index (χ0v) is 14.4. The van der Waals surface area contributed by atoms with E-state index in [0.717, 1.165) is 12.1 Å². The Hall–Kier alpha value is -1.57. The molecular formula is C12H7ClF6N2O3S2. The van der Waals surface area contributed by atoms with Crippen LogP contribution in [-0.4, -0.2) is 30.9 Å². The molecule has 0 saturated carbocycles. The van der Waals surface area contributed by atoms with Gasteiger partial charge in [-0.1, -0.05) is 22.9 Å². The number of thiazole rings is 1. The number of nitrogens with one attached hydrogen (secondary N) is 1. The fourth-order valence-corrected chi connectivity index (χ4v) is 4.03. The van der Waals surface area contributed by atoms with Crippen molar-refractivity contribution >= 4 is 38.1 Å². The van der Waals surface area contributed by atoms with E-state index in [1.54, 1.807) is 4.72 Å². The number of halogens is 7. The molecule has 0 atom stereocenters. The molecule has 144 valence electrons. The van der Waals surface area contributed by atoms with Gasteiger partial charge in [0.1, 0.15) is 0 Å². The first kappa shape index (κ1) is 20.7. The van der Waals surface area contributed by atoms with Gasteiger partial charge in [-0.3, -0.25) is 4.72 Å². The van der Waals surface area contributed by atoms with Crippen molar-refractivity contribution in [2.24, 2.45) is 0 Å². The summed E-state index contributed by atoms with van der Waals surface area (Å²) in [5, 5.41) is 8.66. The molecule has 0 aliphatic carbocycles. The van der Waals surface area contributed by atoms with Crippen LogP contribution in [0.15, 0.2) is 35.4 Å². The van der Waals surface area contributed by atoms with Crippen molar-refractivity contribution in [1.29, 1.82) is 0 Å². The lowest BCUT2D eigenvalue weighted by molar-refractivity contribution is -0.375. The first-order valence-corrected chi connectivity index (χ1v) is 8.97. The van der Waals surface area contributed by atoms with Crippen molar-refractivity contribution in [1.82, 2.24) is 4.98 Å². The molecule has 1 aromatic carbocycles. The van der Waals surface area contributed by atoms with Gasteiger partial charge in [0.2, 0.25) is 0 Å². The van der Waals surface area contributed by atoms with Crippen molar-refractivity contribution in [2.45, 2.75) is 22.8 Å². The second-order valence-electron chi connectivity index (χ2n) is 4.80. The number of rotatable bonds is 4. The van der Waals surface area contributed by atoms with E-state index in [4.69, 9.17) is 11.6 Å². The molecule has 0 radical (unpaired) electrons. The number of benzene rings is 1. The topological polar surface area (TPSA) is 79.3 Å². The van der Waals surface area contributed by atoms with E-state index in [1.807, 2.05) is 0 Å². The number of hydrogen-bond donors (Lipinski definition) is 2. The number of aromatic nitrogens is 1. The van der Waals surface area contributed by atoms with E-state index in [0.29, 0.717) is 0 Å². The Morgan fingerprint density at radius 1 is 1.04 bits per heavy atom. The van der Waals surface area contributed by atoms with Crippen molar-refractivity contribution in [3.8, 4) is 0 Å². The molecular weight excluding hydrogens is 434 g/mol. The molecule has 2 aromatic rings. The molecule has 0 unspecified atom stereocenters. The van der Waals surface area contributed by atoms with Crippen molar-refractivity contribution < 1.29 is 39.9 Å². The molecule has 0 aliphatic rings. The fourth-order valence-electron chi connectivity index (χ4n) is 1.72. The van der Waals surface area contributed by atoms with Gasteiger partial charge in [0.15, 0.2) is 5.13 Å². The summed E-state index contributed by atoms with van der Waals surface area (Å²) in [6, 6.07) is 4.58. The van der Waals surface area contributed by atoms with Crippen LogP contribution in [0.5, 0.6) is 0 Å². The SMILES string of the molecule is O=S(=O)(Nc1ncc(C(O)(C(F)(F)F)C(F)(F)F)s1)c1ccc(Cl)cc1. The quantitative estimate of drug-likeness (QED) is 0.707. The molecule has 0 saturated heterocycles. The molecule has 5 nitrogen and oxygen atoms in total. The number of alkyl halides is 6. The van der Waals surface area contributed by atoms with Crippen LogP contribution in [0.2, 0.25) is 5.02 Å². The molecule has 1 aromatic heterocycles. The second-order valence-corrected chi connectivity index (χ2v) is 7.94. The summed E-state index contributed by atoms with van der Waals surface area (Å²) in [5.41, 5.74) is -5.18. The number of anilines is 1. The maximum Gasteiger partial charge on any atom is 0.431 e. The largest absolute Gasteiger partial charge is 0.431 e. The summed E-state index contributed by atoms with van der Waals surface area (Å²) in [6.45, 7) is 0. The predicted molar refractivity (Wildman–Crippen MR) is 80.4 cm³/mol. The number of sulfonamides is 1. The first-order valence-electron chi connectivity index (χ1n) is 6.29. The van der Waals surface area contributed by atoms with Gasteiger partial charge in [-0.25, -0.2) is 13.4 Å². The molecule has 2 N–H and O–H groups in total. The number of aliphatic hydroxyl groups is 1. The Morgan fingerprint density at radius 2 is 1.54 bits per heavy atom. The summed E-state index contributed by atoms with van der Waals surface area (Å²) in [6.07, 6.45) is -12.1. The number of nitrogens with zero attached hydrogens (tertiary/aromatic N) is 1. The Morgan fingerprint density at radius 3 is 2.00 bits per heavy atom. The smallest absolute Gasteiger partial charge is 0.369 e. The van der Waals surface area contributed by atoms with Crippen molar-refractivity contribution in [2.75, 3.05) is 4.72 Å². The summed E-state index contributed by atoms with van der Waals surface area (Å²) in [7, 11) is -4.34. The maximum absolute atomic E-state index is 12.8. The van der Waals surface area contributed by atoms with E-state index in [-0.39, 0.29) is 27.5 Å². The third-order valence-corrected chi connectivity index (χ3v) is 5.79. The minimum Gasteiger partial charge on any atom is -0.369 e.